The summed E-state index contributed by atoms with van der Waals surface area (Å²) in [5.74, 6) is -0.565. The molecule has 0 aliphatic rings. The highest BCUT2D eigenvalue weighted by Gasteiger charge is 2.26. The third-order valence-corrected chi connectivity index (χ3v) is 5.64. The van der Waals surface area contributed by atoms with Gasteiger partial charge in [0, 0.05) is 22.6 Å². The summed E-state index contributed by atoms with van der Waals surface area (Å²) in [4.78, 5) is 37.7. The van der Waals surface area contributed by atoms with E-state index in [1.165, 1.54) is 6.07 Å². The van der Waals surface area contributed by atoms with Crippen LogP contribution in [-0.2, 0) is 16.1 Å². The van der Waals surface area contributed by atoms with Crippen LogP contribution in [0, 0.1) is 5.92 Å². The monoisotopic (exact) mass is 459 g/mol. The van der Waals surface area contributed by atoms with Crippen LogP contribution < -0.4 is 15.7 Å². The molecule has 0 bridgehead atoms. The van der Waals surface area contributed by atoms with Crippen LogP contribution in [0.1, 0.15) is 29.8 Å². The van der Waals surface area contributed by atoms with Crippen molar-refractivity contribution in [3.05, 3.63) is 88.3 Å². The SMILES string of the molecule is COc1ccc(C(=O)NC(C(=O)OCc2cc(=O)oc3ccc4ccccc4c23)C(C)C)cc1. The molecule has 7 heteroatoms. The van der Waals surface area contributed by atoms with E-state index < -0.39 is 23.5 Å². The molecule has 1 amide bonds. The van der Waals surface area contributed by atoms with E-state index in [9.17, 15) is 14.4 Å². The molecule has 7 nitrogen and oxygen atoms in total. The van der Waals surface area contributed by atoms with Crippen LogP contribution in [-0.4, -0.2) is 25.0 Å². The second kappa shape index (κ2) is 9.79. The lowest BCUT2D eigenvalue weighted by Crippen LogP contribution is -2.45. The van der Waals surface area contributed by atoms with Gasteiger partial charge in [0.15, 0.2) is 0 Å². The Kier molecular flexibility index (Phi) is 6.63. The summed E-state index contributed by atoms with van der Waals surface area (Å²) < 4.78 is 16.1. The number of ether oxygens (including phenoxy) is 2. The van der Waals surface area contributed by atoms with Crippen LogP contribution in [0.3, 0.4) is 0 Å². The number of methoxy groups -OCH3 is 1. The number of hydrogen-bond donors (Lipinski definition) is 1. The third-order valence-electron chi connectivity index (χ3n) is 5.64. The first-order valence-corrected chi connectivity index (χ1v) is 10.9. The molecule has 1 aromatic heterocycles. The van der Waals surface area contributed by atoms with Crippen LogP contribution in [0.25, 0.3) is 21.7 Å². The van der Waals surface area contributed by atoms with Crippen molar-refractivity contribution in [3.8, 4) is 5.75 Å². The van der Waals surface area contributed by atoms with Gasteiger partial charge >= 0.3 is 11.6 Å². The molecule has 3 aromatic carbocycles. The zero-order valence-corrected chi connectivity index (χ0v) is 19.2. The van der Waals surface area contributed by atoms with E-state index in [4.69, 9.17) is 13.9 Å². The quantitative estimate of drug-likeness (QED) is 0.249. The standard InChI is InChI=1S/C27H25NO6/c1-16(2)25(28-26(30)18-8-11-20(32-3)12-9-18)27(31)33-15-19-14-23(29)34-22-13-10-17-6-4-5-7-21(17)24(19)22/h4-14,16,25H,15H2,1-3H3,(H,28,30). The Morgan fingerprint density at radius 1 is 1.00 bits per heavy atom. The molecule has 0 spiro atoms. The molecule has 0 aliphatic carbocycles. The summed E-state index contributed by atoms with van der Waals surface area (Å²) in [6.07, 6.45) is 0. The van der Waals surface area contributed by atoms with Gasteiger partial charge in [-0.3, -0.25) is 4.79 Å². The summed E-state index contributed by atoms with van der Waals surface area (Å²) in [7, 11) is 1.54. The predicted molar refractivity (Wildman–Crippen MR) is 129 cm³/mol. The topological polar surface area (TPSA) is 94.8 Å². The lowest BCUT2D eigenvalue weighted by molar-refractivity contribution is -0.148. The molecule has 0 saturated carbocycles. The van der Waals surface area contributed by atoms with E-state index in [-0.39, 0.29) is 12.5 Å². The van der Waals surface area contributed by atoms with Crippen molar-refractivity contribution >= 4 is 33.6 Å². The first kappa shape index (κ1) is 23.0. The molecule has 34 heavy (non-hydrogen) atoms. The number of benzene rings is 3. The minimum Gasteiger partial charge on any atom is -0.497 e. The summed E-state index contributed by atoms with van der Waals surface area (Å²) in [5.41, 5.74) is 0.838. The maximum absolute atomic E-state index is 13.0. The average molecular weight is 459 g/mol. The number of rotatable bonds is 7. The minimum atomic E-state index is -0.863. The minimum absolute atomic E-state index is 0.128. The van der Waals surface area contributed by atoms with E-state index in [1.54, 1.807) is 37.4 Å². The van der Waals surface area contributed by atoms with Crippen molar-refractivity contribution < 1.29 is 23.5 Å². The van der Waals surface area contributed by atoms with Crippen molar-refractivity contribution in [1.29, 1.82) is 0 Å². The first-order chi connectivity index (χ1) is 16.4. The Bertz CT molecular complexity index is 1400. The van der Waals surface area contributed by atoms with E-state index in [2.05, 4.69) is 5.32 Å². The zero-order chi connectivity index (χ0) is 24.2. The van der Waals surface area contributed by atoms with E-state index in [0.717, 1.165) is 10.8 Å². The van der Waals surface area contributed by atoms with Crippen molar-refractivity contribution in [2.75, 3.05) is 7.11 Å². The number of esters is 1. The van der Waals surface area contributed by atoms with Gasteiger partial charge in [-0.2, -0.15) is 0 Å². The smallest absolute Gasteiger partial charge is 0.336 e. The molecule has 174 valence electrons. The Morgan fingerprint density at radius 3 is 2.44 bits per heavy atom. The Labute approximate surface area is 196 Å². The molecule has 4 rings (SSSR count). The second-order valence-corrected chi connectivity index (χ2v) is 8.28. The van der Waals surface area contributed by atoms with Crippen molar-refractivity contribution in [2.45, 2.75) is 26.5 Å². The fourth-order valence-electron chi connectivity index (χ4n) is 3.84. The van der Waals surface area contributed by atoms with Crippen molar-refractivity contribution in [1.82, 2.24) is 5.32 Å². The Balaban J connectivity index is 1.56. The van der Waals surface area contributed by atoms with Gasteiger partial charge in [-0.15, -0.1) is 0 Å². The molecule has 1 atom stereocenters. The average Bonchev–Trinajstić information content (AvgIpc) is 2.84. The predicted octanol–water partition coefficient (Wildman–Crippen LogP) is 4.45. The summed E-state index contributed by atoms with van der Waals surface area (Å²) in [5, 5.41) is 5.33. The number of nitrogens with one attached hydrogen (secondary N) is 1. The normalized spacial score (nSPS) is 12.0. The molecule has 1 unspecified atom stereocenters. The molecule has 1 N–H and O–H groups in total. The largest absolute Gasteiger partial charge is 0.497 e. The number of carbonyl (C=O) groups is 2. The van der Waals surface area contributed by atoms with Gasteiger partial charge in [0.2, 0.25) is 0 Å². The molecular weight excluding hydrogens is 434 g/mol. The molecule has 0 saturated heterocycles. The van der Waals surface area contributed by atoms with Crippen molar-refractivity contribution in [2.24, 2.45) is 5.92 Å². The van der Waals surface area contributed by atoms with Crippen molar-refractivity contribution in [3.63, 3.8) is 0 Å². The highest BCUT2D eigenvalue weighted by atomic mass is 16.5. The van der Waals surface area contributed by atoms with Crippen LogP contribution in [0.5, 0.6) is 5.75 Å². The fourth-order valence-corrected chi connectivity index (χ4v) is 3.84. The van der Waals surface area contributed by atoms with Crippen LogP contribution in [0.15, 0.2) is 75.9 Å². The van der Waals surface area contributed by atoms with Gasteiger partial charge in [-0.05, 0) is 47.0 Å². The van der Waals surface area contributed by atoms with E-state index >= 15 is 0 Å². The number of amides is 1. The number of carbonyl (C=O) groups excluding carboxylic acids is 2. The summed E-state index contributed by atoms with van der Waals surface area (Å²) in [6, 6.07) is 18.4. The van der Waals surface area contributed by atoms with E-state index in [1.807, 2.05) is 44.2 Å². The van der Waals surface area contributed by atoms with E-state index in [0.29, 0.717) is 27.8 Å². The van der Waals surface area contributed by atoms with Crippen LogP contribution >= 0.6 is 0 Å². The lowest BCUT2D eigenvalue weighted by Gasteiger charge is -2.21. The maximum Gasteiger partial charge on any atom is 0.336 e. The van der Waals surface area contributed by atoms with Gasteiger partial charge in [-0.1, -0.05) is 44.2 Å². The maximum atomic E-state index is 13.0. The molecular formula is C27H25NO6. The number of hydrogen-bond acceptors (Lipinski definition) is 6. The fraction of sp³-hybridized carbons (Fsp3) is 0.222. The zero-order valence-electron chi connectivity index (χ0n) is 19.2. The number of fused-ring (bicyclic) bond motifs is 3. The molecule has 0 radical (unpaired) electrons. The molecule has 0 aliphatic heterocycles. The third kappa shape index (κ3) is 4.78. The molecule has 4 aromatic rings. The highest BCUT2D eigenvalue weighted by Crippen LogP contribution is 2.28. The Hall–Kier alpha value is -4.13. The van der Waals surface area contributed by atoms with Crippen LogP contribution in [0.2, 0.25) is 0 Å². The van der Waals surface area contributed by atoms with Gasteiger partial charge < -0.3 is 19.2 Å². The van der Waals surface area contributed by atoms with Gasteiger partial charge in [0.05, 0.1) is 7.11 Å². The lowest BCUT2D eigenvalue weighted by atomic mass is 10.0. The first-order valence-electron chi connectivity index (χ1n) is 10.9. The van der Waals surface area contributed by atoms with Gasteiger partial charge in [-0.25, -0.2) is 9.59 Å². The van der Waals surface area contributed by atoms with Gasteiger partial charge in [0.1, 0.15) is 24.0 Å². The highest BCUT2D eigenvalue weighted by molar-refractivity contribution is 6.07. The molecule has 0 fully saturated rings. The molecule has 1 heterocycles. The Morgan fingerprint density at radius 2 is 1.74 bits per heavy atom. The summed E-state index contributed by atoms with van der Waals surface area (Å²) in [6.45, 7) is 3.51. The van der Waals surface area contributed by atoms with Gasteiger partial charge in [0.25, 0.3) is 5.91 Å². The summed E-state index contributed by atoms with van der Waals surface area (Å²) >= 11 is 0. The second-order valence-electron chi connectivity index (χ2n) is 8.28. The van der Waals surface area contributed by atoms with Crippen LogP contribution in [0.4, 0.5) is 0 Å².